The lowest BCUT2D eigenvalue weighted by Crippen LogP contribution is -2.59. The van der Waals surface area contributed by atoms with Gasteiger partial charge in [-0.05, 0) is 18.7 Å². The van der Waals surface area contributed by atoms with Crippen LogP contribution in [0, 0.1) is 0 Å². The maximum absolute atomic E-state index is 11.8. The molecule has 1 saturated heterocycles. The van der Waals surface area contributed by atoms with Crippen LogP contribution in [-0.4, -0.2) is 41.5 Å². The number of likely N-dealkylation sites (tertiary alicyclic amines) is 1. The van der Waals surface area contributed by atoms with Crippen molar-refractivity contribution in [1.29, 1.82) is 0 Å². The first-order valence-electron chi connectivity index (χ1n) is 5.24. The highest BCUT2D eigenvalue weighted by atomic mass is 16.2. The molecule has 0 saturated carbocycles. The van der Waals surface area contributed by atoms with E-state index < -0.39 is 0 Å². The second-order valence-electron chi connectivity index (χ2n) is 3.70. The van der Waals surface area contributed by atoms with Gasteiger partial charge < -0.3 is 10.2 Å². The second-order valence-corrected chi connectivity index (χ2v) is 3.70. The number of carbonyl (C=O) groups is 1. The van der Waals surface area contributed by atoms with Crippen molar-refractivity contribution in [3.8, 4) is 0 Å². The van der Waals surface area contributed by atoms with E-state index in [1.54, 1.807) is 24.5 Å². The van der Waals surface area contributed by atoms with Crippen LogP contribution in [0.1, 0.15) is 17.3 Å². The van der Waals surface area contributed by atoms with Crippen LogP contribution >= 0.6 is 0 Å². The number of likely N-dealkylation sites (N-methyl/N-ethyl adjacent to an activating group) is 1. The predicted molar refractivity (Wildman–Crippen MR) is 57.6 cm³/mol. The van der Waals surface area contributed by atoms with Crippen LogP contribution in [0.5, 0.6) is 0 Å². The Morgan fingerprint density at radius 3 is 2.80 bits per heavy atom. The van der Waals surface area contributed by atoms with Crippen LogP contribution in [0.15, 0.2) is 24.5 Å². The van der Waals surface area contributed by atoms with Gasteiger partial charge in [0.15, 0.2) is 0 Å². The first-order chi connectivity index (χ1) is 7.31. The standard InChI is InChI=1S/C11H15N3O/c1-2-13-10-7-14(8-10)11(15)9-3-5-12-6-4-9/h3-6,10,13H,2,7-8H2,1H3. The van der Waals surface area contributed by atoms with Gasteiger partial charge in [-0.25, -0.2) is 0 Å². The van der Waals surface area contributed by atoms with Gasteiger partial charge in [0.05, 0.1) is 0 Å². The van der Waals surface area contributed by atoms with Crippen molar-refractivity contribution >= 4 is 5.91 Å². The van der Waals surface area contributed by atoms with Crippen LogP contribution in [0.2, 0.25) is 0 Å². The molecule has 0 atom stereocenters. The van der Waals surface area contributed by atoms with E-state index >= 15 is 0 Å². The summed E-state index contributed by atoms with van der Waals surface area (Å²) in [7, 11) is 0. The summed E-state index contributed by atoms with van der Waals surface area (Å²) in [5.41, 5.74) is 0.722. The average molecular weight is 205 g/mol. The molecule has 1 aromatic rings. The summed E-state index contributed by atoms with van der Waals surface area (Å²) in [5.74, 6) is 0.103. The molecule has 4 heteroatoms. The lowest BCUT2D eigenvalue weighted by Gasteiger charge is -2.39. The number of rotatable bonds is 3. The molecule has 0 aromatic carbocycles. The average Bonchev–Trinajstić information content (AvgIpc) is 2.23. The van der Waals surface area contributed by atoms with E-state index in [1.165, 1.54) is 0 Å². The van der Waals surface area contributed by atoms with Crippen molar-refractivity contribution in [1.82, 2.24) is 15.2 Å². The topological polar surface area (TPSA) is 45.2 Å². The van der Waals surface area contributed by atoms with Gasteiger partial charge in [0, 0.05) is 37.1 Å². The summed E-state index contributed by atoms with van der Waals surface area (Å²) >= 11 is 0. The van der Waals surface area contributed by atoms with Crippen LogP contribution in [0.4, 0.5) is 0 Å². The van der Waals surface area contributed by atoms with Gasteiger partial charge in [0.1, 0.15) is 0 Å². The maximum atomic E-state index is 11.8. The fraction of sp³-hybridized carbons (Fsp3) is 0.455. The van der Waals surface area contributed by atoms with Crippen LogP contribution in [0.25, 0.3) is 0 Å². The first-order valence-corrected chi connectivity index (χ1v) is 5.24. The Hall–Kier alpha value is -1.42. The predicted octanol–water partition coefficient (Wildman–Crippen LogP) is 0.515. The number of nitrogens with one attached hydrogen (secondary N) is 1. The molecule has 4 nitrogen and oxygen atoms in total. The highest BCUT2D eigenvalue weighted by molar-refractivity contribution is 5.94. The van der Waals surface area contributed by atoms with Crippen LogP contribution < -0.4 is 5.32 Å². The van der Waals surface area contributed by atoms with Gasteiger partial charge in [-0.15, -0.1) is 0 Å². The molecule has 1 aliphatic heterocycles. The number of hydrogen-bond acceptors (Lipinski definition) is 3. The zero-order valence-corrected chi connectivity index (χ0v) is 8.81. The smallest absolute Gasteiger partial charge is 0.254 e. The molecule has 0 bridgehead atoms. The van der Waals surface area contributed by atoms with Gasteiger partial charge in [-0.1, -0.05) is 6.92 Å². The van der Waals surface area contributed by atoms with Crippen molar-refractivity contribution < 1.29 is 4.79 Å². The molecule has 2 rings (SSSR count). The largest absolute Gasteiger partial charge is 0.335 e. The molecule has 1 amide bonds. The number of aromatic nitrogens is 1. The molecule has 0 radical (unpaired) electrons. The third-order valence-electron chi connectivity index (χ3n) is 2.59. The van der Waals surface area contributed by atoms with E-state index in [1.807, 2.05) is 4.90 Å². The molecule has 2 heterocycles. The SMILES string of the molecule is CCNC1CN(C(=O)c2ccncc2)C1. The monoisotopic (exact) mass is 205 g/mol. The third kappa shape index (κ3) is 2.15. The summed E-state index contributed by atoms with van der Waals surface area (Å²) < 4.78 is 0. The van der Waals surface area contributed by atoms with Crippen molar-refractivity contribution in [3.05, 3.63) is 30.1 Å². The molecule has 1 N–H and O–H groups in total. The van der Waals surface area contributed by atoms with E-state index in [0.29, 0.717) is 6.04 Å². The molecule has 1 aromatic heterocycles. The van der Waals surface area contributed by atoms with Crippen molar-refractivity contribution in [2.24, 2.45) is 0 Å². The molecule has 1 fully saturated rings. The Labute approximate surface area is 89.3 Å². The number of amides is 1. The Kier molecular flexibility index (Phi) is 2.97. The van der Waals surface area contributed by atoms with E-state index in [4.69, 9.17) is 0 Å². The highest BCUT2D eigenvalue weighted by Crippen LogP contribution is 2.12. The van der Waals surface area contributed by atoms with Crippen molar-refractivity contribution in [2.75, 3.05) is 19.6 Å². The van der Waals surface area contributed by atoms with E-state index in [2.05, 4.69) is 17.2 Å². The molecular formula is C11H15N3O. The van der Waals surface area contributed by atoms with E-state index in [-0.39, 0.29) is 5.91 Å². The van der Waals surface area contributed by atoms with Gasteiger partial charge in [0.2, 0.25) is 0 Å². The first kappa shape index (κ1) is 10.1. The minimum absolute atomic E-state index is 0.103. The lowest BCUT2D eigenvalue weighted by atomic mass is 10.1. The molecule has 80 valence electrons. The quantitative estimate of drug-likeness (QED) is 0.782. The second kappa shape index (κ2) is 4.40. The summed E-state index contributed by atoms with van der Waals surface area (Å²) in [6.07, 6.45) is 3.30. The van der Waals surface area contributed by atoms with Gasteiger partial charge in [-0.3, -0.25) is 9.78 Å². The molecule has 0 spiro atoms. The number of hydrogen-bond donors (Lipinski definition) is 1. The summed E-state index contributed by atoms with van der Waals surface area (Å²) in [6.45, 7) is 4.67. The molecule has 1 aliphatic rings. The maximum Gasteiger partial charge on any atom is 0.254 e. The van der Waals surface area contributed by atoms with Crippen LogP contribution in [0.3, 0.4) is 0 Å². The molecule has 0 unspecified atom stereocenters. The molecule has 15 heavy (non-hydrogen) atoms. The van der Waals surface area contributed by atoms with E-state index in [9.17, 15) is 4.79 Å². The Morgan fingerprint density at radius 2 is 2.20 bits per heavy atom. The zero-order chi connectivity index (χ0) is 10.7. The fourth-order valence-corrected chi connectivity index (χ4v) is 1.74. The van der Waals surface area contributed by atoms with E-state index in [0.717, 1.165) is 25.2 Å². The van der Waals surface area contributed by atoms with Gasteiger partial charge in [-0.2, -0.15) is 0 Å². The minimum atomic E-state index is 0.103. The third-order valence-corrected chi connectivity index (χ3v) is 2.59. The van der Waals surface area contributed by atoms with Gasteiger partial charge >= 0.3 is 0 Å². The lowest BCUT2D eigenvalue weighted by molar-refractivity contribution is 0.0570. The highest BCUT2D eigenvalue weighted by Gasteiger charge is 2.30. The Balaban J connectivity index is 1.90. The summed E-state index contributed by atoms with van der Waals surface area (Å²) in [6, 6.07) is 3.98. The van der Waals surface area contributed by atoms with Crippen molar-refractivity contribution in [2.45, 2.75) is 13.0 Å². The Morgan fingerprint density at radius 1 is 1.53 bits per heavy atom. The zero-order valence-electron chi connectivity index (χ0n) is 8.81. The van der Waals surface area contributed by atoms with Crippen LogP contribution in [-0.2, 0) is 0 Å². The normalized spacial score (nSPS) is 16.2. The fourth-order valence-electron chi connectivity index (χ4n) is 1.74. The molecule has 0 aliphatic carbocycles. The number of pyridine rings is 1. The minimum Gasteiger partial charge on any atom is -0.335 e. The molecular weight excluding hydrogens is 190 g/mol. The number of nitrogens with zero attached hydrogens (tertiary/aromatic N) is 2. The number of carbonyl (C=O) groups excluding carboxylic acids is 1. The van der Waals surface area contributed by atoms with Gasteiger partial charge in [0.25, 0.3) is 5.91 Å². The summed E-state index contributed by atoms with van der Waals surface area (Å²) in [5, 5.41) is 3.31. The Bertz CT molecular complexity index is 333. The summed E-state index contributed by atoms with van der Waals surface area (Å²) in [4.78, 5) is 17.6. The van der Waals surface area contributed by atoms with Crippen molar-refractivity contribution in [3.63, 3.8) is 0 Å².